The average molecular weight is 218 g/mol. The number of allylic oxidation sites excluding steroid dienone is 1. The molecule has 0 amide bonds. The molecule has 4 nitrogen and oxygen atoms in total. The number of benzene rings is 1. The van der Waals surface area contributed by atoms with Gasteiger partial charge in [0, 0.05) is 0 Å². The van der Waals surface area contributed by atoms with Crippen molar-refractivity contribution in [3.8, 4) is 0 Å². The maximum atomic E-state index is 8.35. The summed E-state index contributed by atoms with van der Waals surface area (Å²) < 4.78 is 0. The molecule has 1 rings (SSSR count). The number of isocyanates is 2. The zero-order chi connectivity index (χ0) is 12.8. The van der Waals surface area contributed by atoms with Crippen molar-refractivity contribution in [2.75, 3.05) is 0 Å². The summed E-state index contributed by atoms with van der Waals surface area (Å²) in [5.41, 5.74) is 2.72. The minimum atomic E-state index is 0.750. The Morgan fingerprint density at radius 1 is 1.25 bits per heavy atom. The Bertz CT molecular complexity index is 362. The maximum absolute atomic E-state index is 8.35. The monoisotopic (exact) mass is 218 g/mol. The van der Waals surface area contributed by atoms with Gasteiger partial charge in [-0.05, 0) is 24.5 Å². The Kier molecular flexibility index (Phi) is 12.8. The molecule has 0 fully saturated rings. The number of nitrogens with one attached hydrogen (secondary N) is 2. The lowest BCUT2D eigenvalue weighted by Crippen LogP contribution is -1.83. The smallest absolute Gasteiger partial charge is 0.222 e. The van der Waals surface area contributed by atoms with Crippen LogP contribution < -0.4 is 0 Å². The second kappa shape index (κ2) is 12.7. The van der Waals surface area contributed by atoms with Crippen molar-refractivity contribution in [3.05, 3.63) is 48.0 Å². The molecule has 0 saturated heterocycles. The van der Waals surface area contributed by atoms with E-state index in [0.717, 1.165) is 18.6 Å². The van der Waals surface area contributed by atoms with Crippen molar-refractivity contribution in [2.45, 2.75) is 13.3 Å². The van der Waals surface area contributed by atoms with Gasteiger partial charge in [-0.25, -0.2) is 20.4 Å². The molecular formula is C12H14N2O2. The molecule has 84 valence electrons. The van der Waals surface area contributed by atoms with Crippen LogP contribution in [0.4, 0.5) is 0 Å². The fourth-order valence-corrected chi connectivity index (χ4v) is 0.995. The van der Waals surface area contributed by atoms with E-state index in [1.165, 1.54) is 11.1 Å². The molecule has 0 aromatic heterocycles. The van der Waals surface area contributed by atoms with Crippen molar-refractivity contribution in [2.24, 2.45) is 0 Å². The number of rotatable bonds is 2. The molecule has 0 aliphatic carbocycles. The molecule has 2 N–H and O–H groups in total. The van der Waals surface area contributed by atoms with E-state index in [9.17, 15) is 0 Å². The van der Waals surface area contributed by atoms with Crippen molar-refractivity contribution in [1.82, 2.24) is 0 Å². The first-order chi connectivity index (χ1) is 7.67. The Morgan fingerprint density at radius 2 is 1.69 bits per heavy atom. The normalized spacial score (nSPS) is 6.81. The maximum Gasteiger partial charge on any atom is 0.231 e. The molecule has 0 unspecified atom stereocenters. The summed E-state index contributed by atoms with van der Waals surface area (Å²) in [4.78, 5) is 16.7. The summed E-state index contributed by atoms with van der Waals surface area (Å²) in [6, 6.07) is 8.38. The van der Waals surface area contributed by atoms with Gasteiger partial charge in [0.1, 0.15) is 0 Å². The lowest BCUT2D eigenvalue weighted by atomic mass is 10.1. The molecule has 0 aliphatic rings. The number of aryl methyl sites for hydroxylation is 1. The third-order valence-electron chi connectivity index (χ3n) is 1.63. The van der Waals surface area contributed by atoms with Crippen molar-refractivity contribution in [3.63, 3.8) is 0 Å². The Hall–Kier alpha value is -2.28. The highest BCUT2D eigenvalue weighted by atomic mass is 16.1. The van der Waals surface area contributed by atoms with Crippen LogP contribution in [0.15, 0.2) is 36.9 Å². The zero-order valence-electron chi connectivity index (χ0n) is 9.12. The summed E-state index contributed by atoms with van der Waals surface area (Å²) >= 11 is 0. The Balaban J connectivity index is 0. The van der Waals surface area contributed by atoms with Gasteiger partial charge in [0.2, 0.25) is 12.2 Å². The summed E-state index contributed by atoms with van der Waals surface area (Å²) in [7, 11) is 0. The van der Waals surface area contributed by atoms with Crippen LogP contribution >= 0.6 is 0 Å². The second-order valence-electron chi connectivity index (χ2n) is 2.62. The average Bonchev–Trinajstić information content (AvgIpc) is 2.24. The van der Waals surface area contributed by atoms with Gasteiger partial charge < -0.3 is 0 Å². The van der Waals surface area contributed by atoms with E-state index in [2.05, 4.69) is 37.8 Å². The van der Waals surface area contributed by atoms with Crippen molar-refractivity contribution < 1.29 is 9.59 Å². The van der Waals surface area contributed by atoms with E-state index < -0.39 is 0 Å². The first kappa shape index (κ1) is 16.2. The van der Waals surface area contributed by atoms with Gasteiger partial charge in [-0.15, -0.1) is 6.58 Å². The van der Waals surface area contributed by atoms with Gasteiger partial charge in [-0.3, -0.25) is 0 Å². The molecule has 0 spiro atoms. The highest BCUT2D eigenvalue weighted by Crippen LogP contribution is 2.07. The first-order valence-electron chi connectivity index (χ1n) is 4.41. The van der Waals surface area contributed by atoms with Crippen LogP contribution in [0.3, 0.4) is 0 Å². The lowest BCUT2D eigenvalue weighted by Gasteiger charge is -1.99. The van der Waals surface area contributed by atoms with Crippen LogP contribution in [0.25, 0.3) is 0 Å². The fraction of sp³-hybridized carbons (Fsp3) is 0.167. The van der Waals surface area contributed by atoms with Gasteiger partial charge in [0.05, 0.1) is 0 Å². The van der Waals surface area contributed by atoms with Gasteiger partial charge >= 0.3 is 0 Å². The highest BCUT2D eigenvalue weighted by Gasteiger charge is 1.90. The highest BCUT2D eigenvalue weighted by molar-refractivity contribution is 5.27. The summed E-state index contributed by atoms with van der Waals surface area (Å²) in [6.07, 6.45) is 4.41. The van der Waals surface area contributed by atoms with Gasteiger partial charge in [0.15, 0.2) is 0 Å². The third kappa shape index (κ3) is 9.81. The quantitative estimate of drug-likeness (QED) is 0.454. The number of hydrogen-bond acceptors (Lipinski definition) is 4. The van der Waals surface area contributed by atoms with Crippen LogP contribution in [0.1, 0.15) is 11.1 Å². The minimum Gasteiger partial charge on any atom is -0.222 e. The molecule has 16 heavy (non-hydrogen) atoms. The molecule has 1 aromatic carbocycles. The van der Waals surface area contributed by atoms with Crippen molar-refractivity contribution in [1.29, 1.82) is 10.8 Å². The zero-order valence-corrected chi connectivity index (χ0v) is 9.12. The van der Waals surface area contributed by atoms with Crippen LogP contribution in [-0.2, 0) is 16.0 Å². The van der Waals surface area contributed by atoms with Gasteiger partial charge in [-0.1, -0.05) is 30.3 Å². The van der Waals surface area contributed by atoms with E-state index >= 15 is 0 Å². The molecule has 0 aliphatic heterocycles. The molecule has 0 saturated carbocycles. The Morgan fingerprint density at radius 3 is 2.06 bits per heavy atom. The van der Waals surface area contributed by atoms with E-state index in [0.29, 0.717) is 0 Å². The fourth-order valence-electron chi connectivity index (χ4n) is 0.995. The number of hydrogen-bond donors (Lipinski definition) is 2. The largest absolute Gasteiger partial charge is 0.231 e. The molecular weight excluding hydrogens is 204 g/mol. The van der Waals surface area contributed by atoms with Gasteiger partial charge in [-0.2, -0.15) is 0 Å². The van der Waals surface area contributed by atoms with Crippen LogP contribution in [0.5, 0.6) is 0 Å². The van der Waals surface area contributed by atoms with Crippen LogP contribution in [0.2, 0.25) is 0 Å². The Labute approximate surface area is 94.6 Å². The predicted molar refractivity (Wildman–Crippen MR) is 61.9 cm³/mol. The summed E-state index contributed by atoms with van der Waals surface area (Å²) in [5, 5.41) is 10.8. The van der Waals surface area contributed by atoms with E-state index in [1.807, 2.05) is 6.08 Å². The number of carbonyl (C=O) groups excluding carboxylic acids is 2. The molecule has 0 atom stereocenters. The van der Waals surface area contributed by atoms with Crippen LogP contribution in [0, 0.1) is 17.7 Å². The SMILES string of the molecule is C=CCc1ccccc1C.N=C=O.N=C=O. The lowest BCUT2D eigenvalue weighted by molar-refractivity contribution is 0.562. The van der Waals surface area contributed by atoms with E-state index in [4.69, 9.17) is 20.4 Å². The molecule has 0 heterocycles. The predicted octanol–water partition coefficient (Wildman–Crippen LogP) is 2.53. The first-order valence-corrected chi connectivity index (χ1v) is 4.41. The molecule has 0 radical (unpaired) electrons. The topological polar surface area (TPSA) is 81.8 Å². The summed E-state index contributed by atoms with van der Waals surface area (Å²) in [5.74, 6) is 0. The molecule has 0 bridgehead atoms. The second-order valence-corrected chi connectivity index (χ2v) is 2.62. The van der Waals surface area contributed by atoms with Gasteiger partial charge in [0.25, 0.3) is 0 Å². The van der Waals surface area contributed by atoms with E-state index in [-0.39, 0.29) is 0 Å². The van der Waals surface area contributed by atoms with E-state index in [1.54, 1.807) is 0 Å². The van der Waals surface area contributed by atoms with Crippen LogP contribution in [-0.4, -0.2) is 12.2 Å². The van der Waals surface area contributed by atoms with Crippen molar-refractivity contribution >= 4 is 12.2 Å². The standard InChI is InChI=1S/C10H12.2CHNO/c1-3-6-10-8-5-4-7-9(10)2;2*2-1-3/h3-5,7-8H,1,6H2,2H3;2*2H. The molecule has 4 heteroatoms. The third-order valence-corrected chi connectivity index (χ3v) is 1.63. The summed E-state index contributed by atoms with van der Waals surface area (Å²) in [6.45, 7) is 5.82. The molecule has 1 aromatic rings. The minimum absolute atomic E-state index is 0.750.